The number of aromatic nitrogens is 2. The summed E-state index contributed by atoms with van der Waals surface area (Å²) in [5.41, 5.74) is 3.49. The fraction of sp³-hybridized carbons (Fsp3) is 0.577. The molecule has 3 heterocycles. The largest absolute Gasteiger partial charge is 0.296 e. The summed E-state index contributed by atoms with van der Waals surface area (Å²) in [6.45, 7) is 3.95. The molecular formula is C26H34N4O. The van der Waals surface area contributed by atoms with E-state index in [1.807, 2.05) is 11.0 Å². The number of carbonyl (C=O) groups is 1. The molecule has 1 aliphatic carbocycles. The first-order valence-electron chi connectivity index (χ1n) is 12.2. The monoisotopic (exact) mass is 418 g/mol. The number of amides is 1. The zero-order chi connectivity index (χ0) is 21.2. The lowest BCUT2D eigenvalue weighted by Gasteiger charge is -2.39. The number of hydrogen-bond acceptors (Lipinski definition) is 4. The summed E-state index contributed by atoms with van der Waals surface area (Å²) in [6, 6.07) is 11.4. The van der Waals surface area contributed by atoms with Gasteiger partial charge < -0.3 is 0 Å². The molecule has 1 aromatic heterocycles. The summed E-state index contributed by atoms with van der Waals surface area (Å²) in [5, 5.41) is 0. The van der Waals surface area contributed by atoms with E-state index in [1.165, 1.54) is 49.7 Å². The van der Waals surface area contributed by atoms with Gasteiger partial charge in [-0.3, -0.25) is 14.6 Å². The van der Waals surface area contributed by atoms with Gasteiger partial charge in [0, 0.05) is 30.3 Å². The third kappa shape index (κ3) is 4.25. The van der Waals surface area contributed by atoms with Crippen molar-refractivity contribution in [2.24, 2.45) is 0 Å². The minimum atomic E-state index is 0.198. The van der Waals surface area contributed by atoms with E-state index < -0.39 is 0 Å². The lowest BCUT2D eigenvalue weighted by Crippen LogP contribution is -2.42. The second kappa shape index (κ2) is 9.07. The van der Waals surface area contributed by atoms with Crippen LogP contribution in [0, 0.1) is 6.92 Å². The number of fused-ring (bicyclic) bond motifs is 1. The van der Waals surface area contributed by atoms with Crippen molar-refractivity contribution >= 4 is 11.7 Å². The lowest BCUT2D eigenvalue weighted by atomic mass is 9.97. The Hall–Kier alpha value is -2.27. The van der Waals surface area contributed by atoms with Gasteiger partial charge in [-0.05, 0) is 57.6 Å². The number of anilines is 1. The van der Waals surface area contributed by atoms with Gasteiger partial charge in [0.05, 0.1) is 6.04 Å². The first kappa shape index (κ1) is 20.6. The third-order valence-electron chi connectivity index (χ3n) is 7.46. The molecule has 5 heteroatoms. The van der Waals surface area contributed by atoms with E-state index >= 15 is 0 Å². The molecule has 1 saturated carbocycles. The van der Waals surface area contributed by atoms with Gasteiger partial charge in [0.2, 0.25) is 5.91 Å². The molecule has 31 heavy (non-hydrogen) atoms. The standard InChI is InChI=1S/C26H34N4O/c1-19-22-14-15-24(31)30(18-16-20-9-3-2-4-10-20)26(22)28-25(27-19)23-13-7-8-17-29(23)21-11-5-6-12-21/h2-4,9-10,21,23H,5-8,11-18H2,1H3/t23-/m1/s1. The number of nitrogens with zero attached hydrogens (tertiary/aromatic N) is 4. The van der Waals surface area contributed by atoms with Gasteiger partial charge in [0.15, 0.2) is 0 Å². The minimum Gasteiger partial charge on any atom is -0.296 e. The molecule has 2 fully saturated rings. The highest BCUT2D eigenvalue weighted by atomic mass is 16.2. The molecule has 1 amide bonds. The Balaban J connectivity index is 1.44. The van der Waals surface area contributed by atoms with Crippen LogP contribution in [0.25, 0.3) is 0 Å². The minimum absolute atomic E-state index is 0.198. The van der Waals surface area contributed by atoms with Crippen molar-refractivity contribution in [3.63, 3.8) is 0 Å². The Morgan fingerprint density at radius 2 is 1.74 bits per heavy atom. The van der Waals surface area contributed by atoms with Crippen molar-refractivity contribution in [3.05, 3.63) is 53.0 Å². The van der Waals surface area contributed by atoms with Crippen molar-refractivity contribution < 1.29 is 4.79 Å². The molecule has 5 rings (SSSR count). The Morgan fingerprint density at radius 1 is 0.968 bits per heavy atom. The second-order valence-electron chi connectivity index (χ2n) is 9.44. The molecule has 1 aromatic carbocycles. The lowest BCUT2D eigenvalue weighted by molar-refractivity contribution is -0.118. The van der Waals surface area contributed by atoms with Gasteiger partial charge in [-0.2, -0.15) is 0 Å². The van der Waals surface area contributed by atoms with Crippen LogP contribution in [0.1, 0.15) is 80.1 Å². The normalized spacial score (nSPS) is 22.7. The smallest absolute Gasteiger partial charge is 0.228 e. The number of carbonyl (C=O) groups excluding carboxylic acids is 1. The summed E-state index contributed by atoms with van der Waals surface area (Å²) >= 11 is 0. The number of piperidine rings is 1. The van der Waals surface area contributed by atoms with E-state index in [2.05, 4.69) is 36.1 Å². The van der Waals surface area contributed by atoms with E-state index in [0.717, 1.165) is 43.1 Å². The fourth-order valence-corrected chi connectivity index (χ4v) is 5.77. The van der Waals surface area contributed by atoms with Crippen LogP contribution in [-0.4, -0.2) is 39.9 Å². The van der Waals surface area contributed by atoms with Crippen LogP contribution in [0.15, 0.2) is 30.3 Å². The summed E-state index contributed by atoms with van der Waals surface area (Å²) in [6.07, 6.45) is 11.1. The molecule has 0 bridgehead atoms. The fourth-order valence-electron chi connectivity index (χ4n) is 5.77. The Morgan fingerprint density at radius 3 is 2.55 bits per heavy atom. The molecule has 3 aliphatic rings. The molecule has 1 saturated heterocycles. The summed E-state index contributed by atoms with van der Waals surface area (Å²) in [5.74, 6) is 2.03. The predicted octanol–water partition coefficient (Wildman–Crippen LogP) is 4.78. The molecule has 0 spiro atoms. The molecule has 1 atom stereocenters. The Bertz CT molecular complexity index is 923. The zero-order valence-electron chi connectivity index (χ0n) is 18.7. The molecule has 0 unspecified atom stereocenters. The van der Waals surface area contributed by atoms with Gasteiger partial charge in [0.1, 0.15) is 11.6 Å². The number of aryl methyl sites for hydroxylation is 1. The molecule has 164 valence electrons. The number of benzene rings is 1. The highest BCUT2D eigenvalue weighted by molar-refractivity contribution is 5.95. The van der Waals surface area contributed by atoms with Gasteiger partial charge in [-0.25, -0.2) is 9.97 Å². The van der Waals surface area contributed by atoms with E-state index in [1.54, 1.807) is 0 Å². The number of rotatable bonds is 5. The number of hydrogen-bond donors (Lipinski definition) is 0. The van der Waals surface area contributed by atoms with Crippen LogP contribution in [-0.2, 0) is 17.6 Å². The summed E-state index contributed by atoms with van der Waals surface area (Å²) < 4.78 is 0. The quantitative estimate of drug-likeness (QED) is 0.701. The van der Waals surface area contributed by atoms with Crippen molar-refractivity contribution in [1.29, 1.82) is 0 Å². The van der Waals surface area contributed by atoms with Crippen LogP contribution in [0.3, 0.4) is 0 Å². The van der Waals surface area contributed by atoms with Crippen molar-refractivity contribution in [1.82, 2.24) is 14.9 Å². The van der Waals surface area contributed by atoms with Crippen molar-refractivity contribution in [2.45, 2.75) is 83.2 Å². The third-order valence-corrected chi connectivity index (χ3v) is 7.46. The maximum absolute atomic E-state index is 12.9. The highest BCUT2D eigenvalue weighted by Crippen LogP contribution is 2.38. The average molecular weight is 419 g/mol. The van der Waals surface area contributed by atoms with Crippen molar-refractivity contribution in [2.75, 3.05) is 18.0 Å². The predicted molar refractivity (Wildman–Crippen MR) is 123 cm³/mol. The van der Waals surface area contributed by atoms with Crippen LogP contribution < -0.4 is 4.90 Å². The van der Waals surface area contributed by atoms with Crippen molar-refractivity contribution in [3.8, 4) is 0 Å². The van der Waals surface area contributed by atoms with E-state index in [0.29, 0.717) is 25.0 Å². The van der Waals surface area contributed by atoms with Crippen LogP contribution in [0.5, 0.6) is 0 Å². The molecular weight excluding hydrogens is 384 g/mol. The van der Waals surface area contributed by atoms with E-state index in [9.17, 15) is 4.79 Å². The topological polar surface area (TPSA) is 49.3 Å². The van der Waals surface area contributed by atoms with E-state index in [4.69, 9.17) is 9.97 Å². The molecule has 0 radical (unpaired) electrons. The molecule has 2 aromatic rings. The SMILES string of the molecule is Cc1nc([C@H]2CCCCN2C2CCCC2)nc2c1CCC(=O)N2CCc1ccccc1. The molecule has 5 nitrogen and oxygen atoms in total. The van der Waals surface area contributed by atoms with Crippen LogP contribution in [0.2, 0.25) is 0 Å². The van der Waals surface area contributed by atoms with Gasteiger partial charge in [-0.1, -0.05) is 49.6 Å². The average Bonchev–Trinajstić information content (AvgIpc) is 3.34. The van der Waals surface area contributed by atoms with E-state index in [-0.39, 0.29) is 5.91 Å². The van der Waals surface area contributed by atoms with Gasteiger partial charge in [-0.15, -0.1) is 0 Å². The van der Waals surface area contributed by atoms with Crippen LogP contribution in [0.4, 0.5) is 5.82 Å². The second-order valence-corrected chi connectivity index (χ2v) is 9.44. The molecule has 2 aliphatic heterocycles. The zero-order valence-corrected chi connectivity index (χ0v) is 18.7. The highest BCUT2D eigenvalue weighted by Gasteiger charge is 2.35. The van der Waals surface area contributed by atoms with Crippen LogP contribution >= 0.6 is 0 Å². The Kier molecular flexibility index (Phi) is 6.04. The summed E-state index contributed by atoms with van der Waals surface area (Å²) in [7, 11) is 0. The first-order chi connectivity index (χ1) is 15.2. The first-order valence-corrected chi connectivity index (χ1v) is 12.2. The summed E-state index contributed by atoms with van der Waals surface area (Å²) in [4.78, 5) is 27.7. The van der Waals surface area contributed by atoms with Gasteiger partial charge in [0.25, 0.3) is 0 Å². The molecule has 0 N–H and O–H groups in total. The maximum Gasteiger partial charge on any atom is 0.228 e. The Labute approximate surface area is 185 Å². The maximum atomic E-state index is 12.9. The number of likely N-dealkylation sites (tertiary alicyclic amines) is 1. The van der Waals surface area contributed by atoms with Gasteiger partial charge >= 0.3 is 0 Å².